The zero-order valence-electron chi connectivity index (χ0n) is 8.00. The number of nitrogens with one attached hydrogen (secondary N) is 1. The maximum Gasteiger partial charge on any atom is 0.0740 e. The minimum Gasteiger partial charge on any atom is -0.375 e. The molecule has 1 aliphatic rings. The van der Waals surface area contributed by atoms with Gasteiger partial charge in [-0.2, -0.15) is 0 Å². The van der Waals surface area contributed by atoms with Crippen LogP contribution in [0, 0.1) is 3.57 Å². The molecule has 0 spiro atoms. The van der Waals surface area contributed by atoms with Crippen LogP contribution in [0.2, 0.25) is 0 Å². The third-order valence-corrected chi connectivity index (χ3v) is 3.10. The lowest BCUT2D eigenvalue weighted by Gasteiger charge is -2.23. The van der Waals surface area contributed by atoms with E-state index in [-0.39, 0.29) is 0 Å². The van der Waals surface area contributed by atoms with Crippen LogP contribution in [0.25, 0.3) is 0 Å². The zero-order valence-corrected chi connectivity index (χ0v) is 10.2. The molecule has 1 aliphatic heterocycles. The Balaban J connectivity index is 1.92. The number of rotatable bonds is 2. The highest BCUT2D eigenvalue weighted by molar-refractivity contribution is 14.1. The van der Waals surface area contributed by atoms with Gasteiger partial charge in [-0.15, -0.1) is 0 Å². The first-order valence-corrected chi connectivity index (χ1v) is 5.99. The van der Waals surface area contributed by atoms with Crippen LogP contribution in [0.4, 0.5) is 0 Å². The van der Waals surface area contributed by atoms with E-state index < -0.39 is 0 Å². The zero-order chi connectivity index (χ0) is 9.80. The molecule has 1 aromatic rings. The minimum atomic E-state index is 0.351. The van der Waals surface area contributed by atoms with E-state index in [4.69, 9.17) is 4.74 Å². The molecule has 1 N–H and O–H groups in total. The quantitative estimate of drug-likeness (QED) is 0.842. The number of morpholine rings is 1. The summed E-state index contributed by atoms with van der Waals surface area (Å²) >= 11 is 2.32. The third kappa shape index (κ3) is 2.93. The van der Waals surface area contributed by atoms with E-state index in [1.165, 1.54) is 9.13 Å². The molecule has 14 heavy (non-hydrogen) atoms. The normalized spacial score (nSPS) is 22.2. The van der Waals surface area contributed by atoms with Gasteiger partial charge in [0.1, 0.15) is 0 Å². The Hall–Kier alpha value is -0.130. The fraction of sp³-hybridized carbons (Fsp3) is 0.455. The van der Waals surface area contributed by atoms with Crippen molar-refractivity contribution in [2.45, 2.75) is 12.5 Å². The lowest BCUT2D eigenvalue weighted by atomic mass is 10.1. The van der Waals surface area contributed by atoms with Crippen LogP contribution in [-0.2, 0) is 11.2 Å². The summed E-state index contributed by atoms with van der Waals surface area (Å²) in [5.41, 5.74) is 1.36. The Labute approximate surface area is 98.2 Å². The number of benzene rings is 1. The smallest absolute Gasteiger partial charge is 0.0740 e. The highest BCUT2D eigenvalue weighted by Gasteiger charge is 2.13. The molecule has 0 radical (unpaired) electrons. The molecule has 1 fully saturated rings. The van der Waals surface area contributed by atoms with Crippen LogP contribution in [0.15, 0.2) is 24.3 Å². The van der Waals surface area contributed by atoms with Crippen molar-refractivity contribution in [3.8, 4) is 0 Å². The third-order valence-electron chi connectivity index (χ3n) is 2.38. The summed E-state index contributed by atoms with van der Waals surface area (Å²) in [5, 5.41) is 3.34. The predicted molar refractivity (Wildman–Crippen MR) is 65.5 cm³/mol. The lowest BCUT2D eigenvalue weighted by molar-refractivity contribution is 0.0292. The van der Waals surface area contributed by atoms with Gasteiger partial charge in [0, 0.05) is 16.7 Å². The molecule has 0 bridgehead atoms. The molecule has 76 valence electrons. The second-order valence-corrected chi connectivity index (χ2v) is 4.77. The van der Waals surface area contributed by atoms with Crippen molar-refractivity contribution in [2.75, 3.05) is 19.7 Å². The molecule has 1 heterocycles. The van der Waals surface area contributed by atoms with Crippen molar-refractivity contribution in [3.63, 3.8) is 0 Å². The number of ether oxygens (including phenoxy) is 1. The summed E-state index contributed by atoms with van der Waals surface area (Å²) in [6.45, 7) is 2.81. The van der Waals surface area contributed by atoms with Crippen LogP contribution >= 0.6 is 22.6 Å². The van der Waals surface area contributed by atoms with Gasteiger partial charge in [0.15, 0.2) is 0 Å². The first-order valence-electron chi connectivity index (χ1n) is 4.91. The predicted octanol–water partition coefficient (Wildman–Crippen LogP) is 1.82. The Morgan fingerprint density at radius 1 is 1.36 bits per heavy atom. The standard InChI is InChI=1S/C11H14INO/c12-10-3-1-9(2-4-10)7-11-8-13-5-6-14-11/h1-4,11,13H,5-8H2. The summed E-state index contributed by atoms with van der Waals surface area (Å²) in [4.78, 5) is 0. The van der Waals surface area contributed by atoms with Gasteiger partial charge in [0.2, 0.25) is 0 Å². The van der Waals surface area contributed by atoms with Crippen LogP contribution < -0.4 is 5.32 Å². The first-order chi connectivity index (χ1) is 6.84. The number of hydrogen-bond acceptors (Lipinski definition) is 2. The summed E-state index contributed by atoms with van der Waals surface area (Å²) in [6, 6.07) is 8.65. The molecule has 1 aromatic carbocycles. The van der Waals surface area contributed by atoms with Crippen molar-refractivity contribution in [3.05, 3.63) is 33.4 Å². The first kappa shape index (κ1) is 10.4. The maximum absolute atomic E-state index is 5.65. The maximum atomic E-state index is 5.65. The van der Waals surface area contributed by atoms with Crippen LogP contribution in [0.5, 0.6) is 0 Å². The van der Waals surface area contributed by atoms with Gasteiger partial charge in [-0.1, -0.05) is 12.1 Å². The largest absolute Gasteiger partial charge is 0.375 e. The molecule has 2 rings (SSSR count). The second kappa shape index (κ2) is 5.09. The molecule has 0 saturated carbocycles. The Morgan fingerprint density at radius 3 is 2.79 bits per heavy atom. The molecule has 1 unspecified atom stereocenters. The Kier molecular flexibility index (Phi) is 3.78. The van der Waals surface area contributed by atoms with Gasteiger partial charge in [0.05, 0.1) is 12.7 Å². The Morgan fingerprint density at radius 2 is 2.14 bits per heavy atom. The van der Waals surface area contributed by atoms with E-state index in [1.807, 2.05) is 0 Å². The van der Waals surface area contributed by atoms with Gasteiger partial charge >= 0.3 is 0 Å². The van der Waals surface area contributed by atoms with E-state index in [2.05, 4.69) is 52.2 Å². The fourth-order valence-electron chi connectivity index (χ4n) is 1.63. The average molecular weight is 303 g/mol. The van der Waals surface area contributed by atoms with E-state index in [9.17, 15) is 0 Å². The van der Waals surface area contributed by atoms with Gasteiger partial charge < -0.3 is 10.1 Å². The number of hydrogen-bond donors (Lipinski definition) is 1. The van der Waals surface area contributed by atoms with Gasteiger partial charge in [0.25, 0.3) is 0 Å². The van der Waals surface area contributed by atoms with Crippen LogP contribution in [-0.4, -0.2) is 25.8 Å². The monoisotopic (exact) mass is 303 g/mol. The summed E-state index contributed by atoms with van der Waals surface area (Å²) in [5.74, 6) is 0. The van der Waals surface area contributed by atoms with Crippen molar-refractivity contribution in [1.29, 1.82) is 0 Å². The fourth-order valence-corrected chi connectivity index (χ4v) is 1.99. The highest BCUT2D eigenvalue weighted by Crippen LogP contribution is 2.10. The summed E-state index contributed by atoms with van der Waals surface area (Å²) in [7, 11) is 0. The molecule has 1 saturated heterocycles. The molecule has 0 aromatic heterocycles. The van der Waals surface area contributed by atoms with Crippen molar-refractivity contribution >= 4 is 22.6 Å². The van der Waals surface area contributed by atoms with Crippen molar-refractivity contribution in [1.82, 2.24) is 5.32 Å². The topological polar surface area (TPSA) is 21.3 Å². The average Bonchev–Trinajstić information content (AvgIpc) is 2.23. The van der Waals surface area contributed by atoms with Crippen LogP contribution in [0.3, 0.4) is 0 Å². The van der Waals surface area contributed by atoms with E-state index in [0.29, 0.717) is 6.10 Å². The molecule has 0 aliphatic carbocycles. The second-order valence-electron chi connectivity index (χ2n) is 3.53. The SMILES string of the molecule is Ic1ccc(CC2CNCCO2)cc1. The molecule has 3 heteroatoms. The van der Waals surface area contributed by atoms with Gasteiger partial charge in [-0.05, 0) is 46.7 Å². The molecular formula is C11H14INO. The van der Waals surface area contributed by atoms with E-state index in [1.54, 1.807) is 0 Å². The molecule has 0 amide bonds. The molecule has 2 nitrogen and oxygen atoms in total. The number of halogens is 1. The molecular weight excluding hydrogens is 289 g/mol. The lowest BCUT2D eigenvalue weighted by Crippen LogP contribution is -2.39. The minimum absolute atomic E-state index is 0.351. The van der Waals surface area contributed by atoms with Crippen molar-refractivity contribution in [2.24, 2.45) is 0 Å². The Bertz CT molecular complexity index is 280. The van der Waals surface area contributed by atoms with E-state index >= 15 is 0 Å². The van der Waals surface area contributed by atoms with Gasteiger partial charge in [-0.3, -0.25) is 0 Å². The highest BCUT2D eigenvalue weighted by atomic mass is 127. The van der Waals surface area contributed by atoms with Crippen LogP contribution in [0.1, 0.15) is 5.56 Å². The van der Waals surface area contributed by atoms with Crippen molar-refractivity contribution < 1.29 is 4.74 Å². The van der Waals surface area contributed by atoms with E-state index in [0.717, 1.165) is 26.1 Å². The van der Waals surface area contributed by atoms with Gasteiger partial charge in [-0.25, -0.2) is 0 Å². The molecule has 1 atom stereocenters. The summed E-state index contributed by atoms with van der Waals surface area (Å²) < 4.78 is 6.93. The summed E-state index contributed by atoms with van der Waals surface area (Å²) in [6.07, 6.45) is 1.37.